The summed E-state index contributed by atoms with van der Waals surface area (Å²) < 4.78 is 6.19. The second kappa shape index (κ2) is 9.71. The largest absolute Gasteiger partial charge is 0.488 e. The summed E-state index contributed by atoms with van der Waals surface area (Å²) in [5.41, 5.74) is 2.26. The molecule has 1 fully saturated rings. The maximum Gasteiger partial charge on any atom is 0.266 e. The number of nitrogens with zero attached hydrogens (tertiary/aromatic N) is 3. The summed E-state index contributed by atoms with van der Waals surface area (Å²) in [6, 6.07) is 21.6. The molecule has 6 heteroatoms. The van der Waals surface area contributed by atoms with E-state index >= 15 is 0 Å². The van der Waals surface area contributed by atoms with Crippen LogP contribution in [-0.2, 0) is 11.4 Å². The molecule has 1 heterocycles. The van der Waals surface area contributed by atoms with Gasteiger partial charge >= 0.3 is 0 Å². The van der Waals surface area contributed by atoms with Crippen molar-refractivity contribution in [2.24, 2.45) is 4.99 Å². The van der Waals surface area contributed by atoms with Gasteiger partial charge in [-0.05, 0) is 54.6 Å². The van der Waals surface area contributed by atoms with Crippen molar-refractivity contribution in [1.29, 1.82) is 5.26 Å². The van der Waals surface area contributed by atoms with Crippen LogP contribution in [0.1, 0.15) is 30.5 Å². The van der Waals surface area contributed by atoms with Crippen LogP contribution in [0.5, 0.6) is 5.75 Å². The Hall–Kier alpha value is -3.56. The third-order valence-electron chi connectivity index (χ3n) is 5.22. The van der Waals surface area contributed by atoms with Crippen LogP contribution >= 0.6 is 11.8 Å². The SMILES string of the molecule is CCN=C1SC(=Cc2c(OCc3ccccc3C#N)ccc3ccccc23)C(=O)N1CC. The Labute approximate surface area is 192 Å². The second-order valence-electron chi connectivity index (χ2n) is 7.17. The molecule has 0 unspecified atom stereocenters. The zero-order valence-electron chi connectivity index (χ0n) is 18.0. The Morgan fingerprint density at radius 3 is 2.66 bits per heavy atom. The lowest BCUT2D eigenvalue weighted by Gasteiger charge is -2.13. The van der Waals surface area contributed by atoms with Gasteiger partial charge in [0.25, 0.3) is 5.91 Å². The monoisotopic (exact) mass is 441 g/mol. The van der Waals surface area contributed by atoms with Gasteiger partial charge in [0.05, 0.1) is 16.5 Å². The highest BCUT2D eigenvalue weighted by Gasteiger charge is 2.32. The Bertz CT molecular complexity index is 1270. The molecule has 0 saturated carbocycles. The van der Waals surface area contributed by atoms with Gasteiger partial charge in [-0.15, -0.1) is 0 Å². The zero-order valence-corrected chi connectivity index (χ0v) is 18.9. The molecule has 5 nitrogen and oxygen atoms in total. The van der Waals surface area contributed by atoms with E-state index in [1.54, 1.807) is 11.0 Å². The van der Waals surface area contributed by atoms with Gasteiger partial charge in [0.1, 0.15) is 12.4 Å². The number of fused-ring (bicyclic) bond motifs is 1. The van der Waals surface area contributed by atoms with Gasteiger partial charge in [0.15, 0.2) is 5.17 Å². The highest BCUT2D eigenvalue weighted by atomic mass is 32.2. The highest BCUT2D eigenvalue weighted by Crippen LogP contribution is 2.37. The van der Waals surface area contributed by atoms with E-state index in [0.29, 0.717) is 29.3 Å². The zero-order chi connectivity index (χ0) is 22.5. The Morgan fingerprint density at radius 1 is 1.09 bits per heavy atom. The van der Waals surface area contributed by atoms with Gasteiger partial charge < -0.3 is 4.74 Å². The number of hydrogen-bond acceptors (Lipinski definition) is 5. The van der Waals surface area contributed by atoms with E-state index < -0.39 is 0 Å². The highest BCUT2D eigenvalue weighted by molar-refractivity contribution is 8.18. The van der Waals surface area contributed by atoms with Crippen LogP contribution < -0.4 is 4.74 Å². The molecule has 160 valence electrons. The number of nitriles is 1. The van der Waals surface area contributed by atoms with Crippen molar-refractivity contribution in [2.75, 3.05) is 13.1 Å². The first-order valence-electron chi connectivity index (χ1n) is 10.5. The summed E-state index contributed by atoms with van der Waals surface area (Å²) in [5.74, 6) is 0.625. The summed E-state index contributed by atoms with van der Waals surface area (Å²) >= 11 is 1.40. The molecule has 0 bridgehead atoms. The fourth-order valence-electron chi connectivity index (χ4n) is 3.63. The lowest BCUT2D eigenvalue weighted by Crippen LogP contribution is -2.28. The molecule has 0 N–H and O–H groups in total. The van der Waals surface area contributed by atoms with E-state index in [9.17, 15) is 10.1 Å². The molecule has 0 atom stereocenters. The molecule has 0 radical (unpaired) electrons. The van der Waals surface area contributed by atoms with E-state index in [1.165, 1.54) is 11.8 Å². The van der Waals surface area contributed by atoms with Crippen molar-refractivity contribution in [1.82, 2.24) is 4.90 Å². The molecule has 32 heavy (non-hydrogen) atoms. The van der Waals surface area contributed by atoms with Crippen molar-refractivity contribution in [3.63, 3.8) is 0 Å². The van der Waals surface area contributed by atoms with Gasteiger partial charge in [-0.2, -0.15) is 5.26 Å². The summed E-state index contributed by atoms with van der Waals surface area (Å²) in [5, 5.41) is 12.2. The quantitative estimate of drug-likeness (QED) is 0.467. The van der Waals surface area contributed by atoms with E-state index in [4.69, 9.17) is 4.74 Å². The van der Waals surface area contributed by atoms with E-state index in [2.05, 4.69) is 11.1 Å². The Morgan fingerprint density at radius 2 is 1.88 bits per heavy atom. The number of aliphatic imine (C=N–C) groups is 1. The number of hydrogen-bond donors (Lipinski definition) is 0. The second-order valence-corrected chi connectivity index (χ2v) is 8.18. The predicted molar refractivity (Wildman–Crippen MR) is 130 cm³/mol. The first kappa shape index (κ1) is 21.7. The van der Waals surface area contributed by atoms with Crippen LogP contribution in [0.15, 0.2) is 70.6 Å². The summed E-state index contributed by atoms with van der Waals surface area (Å²) in [7, 11) is 0. The fraction of sp³-hybridized carbons (Fsp3) is 0.192. The van der Waals surface area contributed by atoms with Crippen molar-refractivity contribution in [3.8, 4) is 11.8 Å². The van der Waals surface area contributed by atoms with Gasteiger partial charge in [0, 0.05) is 24.2 Å². The first-order valence-corrected chi connectivity index (χ1v) is 11.4. The van der Waals surface area contributed by atoms with Crippen LogP contribution in [0.3, 0.4) is 0 Å². The minimum atomic E-state index is -0.0431. The number of carbonyl (C=O) groups is 1. The number of thioether (sulfide) groups is 1. The lowest BCUT2D eigenvalue weighted by molar-refractivity contribution is -0.122. The molecule has 0 aromatic heterocycles. The smallest absolute Gasteiger partial charge is 0.266 e. The molecule has 1 aliphatic rings. The first-order chi connectivity index (χ1) is 15.7. The number of rotatable bonds is 6. The topological polar surface area (TPSA) is 65.7 Å². The van der Waals surface area contributed by atoms with Gasteiger partial charge in [-0.3, -0.25) is 14.7 Å². The number of amidine groups is 1. The molecule has 1 saturated heterocycles. The standard InChI is InChI=1S/C26H23N3O2S/c1-3-28-26-29(4-2)25(30)24(32-26)15-22-21-12-8-7-9-18(21)13-14-23(22)31-17-20-11-6-5-10-19(20)16-27/h5-15H,3-4,17H2,1-2H3. The maximum atomic E-state index is 13.0. The summed E-state index contributed by atoms with van der Waals surface area (Å²) in [6.45, 7) is 5.38. The number of amides is 1. The van der Waals surface area contributed by atoms with E-state index in [0.717, 1.165) is 27.1 Å². The number of benzene rings is 3. The Kier molecular flexibility index (Phi) is 6.58. The third-order valence-corrected chi connectivity index (χ3v) is 6.27. The van der Waals surface area contributed by atoms with Crippen molar-refractivity contribution >= 4 is 39.7 Å². The average molecular weight is 442 g/mol. The van der Waals surface area contributed by atoms with Gasteiger partial charge in [-0.1, -0.05) is 48.5 Å². The molecular weight excluding hydrogens is 418 g/mol. The summed E-state index contributed by atoms with van der Waals surface area (Å²) in [4.78, 5) is 19.8. The van der Waals surface area contributed by atoms with Gasteiger partial charge in [0.2, 0.25) is 0 Å². The fourth-order valence-corrected chi connectivity index (χ4v) is 4.72. The van der Waals surface area contributed by atoms with Gasteiger partial charge in [-0.25, -0.2) is 0 Å². The predicted octanol–water partition coefficient (Wildman–Crippen LogP) is 5.60. The number of likely N-dealkylation sites (N-methyl/N-ethyl adjacent to an activating group) is 1. The third kappa shape index (κ3) is 4.25. The van der Waals surface area contributed by atoms with Crippen LogP contribution in [0.25, 0.3) is 16.8 Å². The molecule has 1 aliphatic heterocycles. The maximum absolute atomic E-state index is 13.0. The molecule has 3 aromatic rings. The van der Waals surface area contributed by atoms with Crippen molar-refractivity contribution < 1.29 is 9.53 Å². The molecule has 1 amide bonds. The molecule has 0 aliphatic carbocycles. The normalized spacial score (nSPS) is 16.2. The molecule has 3 aromatic carbocycles. The average Bonchev–Trinajstić information content (AvgIpc) is 3.12. The molecule has 0 spiro atoms. The van der Waals surface area contributed by atoms with E-state index in [-0.39, 0.29) is 12.5 Å². The van der Waals surface area contributed by atoms with Crippen LogP contribution in [0, 0.1) is 11.3 Å². The van der Waals surface area contributed by atoms with Crippen LogP contribution in [0.2, 0.25) is 0 Å². The molecular formula is C26H23N3O2S. The minimum absolute atomic E-state index is 0.0431. The Balaban J connectivity index is 1.76. The van der Waals surface area contributed by atoms with Crippen LogP contribution in [0.4, 0.5) is 0 Å². The minimum Gasteiger partial charge on any atom is -0.488 e. The number of carbonyl (C=O) groups excluding carboxylic acids is 1. The summed E-state index contributed by atoms with van der Waals surface area (Å²) in [6.07, 6.45) is 1.90. The van der Waals surface area contributed by atoms with Crippen molar-refractivity contribution in [2.45, 2.75) is 20.5 Å². The lowest BCUT2D eigenvalue weighted by atomic mass is 10.0. The van der Waals surface area contributed by atoms with Crippen LogP contribution in [-0.4, -0.2) is 29.1 Å². The molecule has 4 rings (SSSR count). The van der Waals surface area contributed by atoms with E-state index in [1.807, 2.05) is 74.5 Å². The number of ether oxygens (including phenoxy) is 1. The van der Waals surface area contributed by atoms with Crippen molar-refractivity contribution in [3.05, 3.63) is 82.3 Å².